The number of rotatable bonds is 3. The number of likely N-dealkylation sites (tertiary alicyclic amines) is 1. The number of aliphatic imine (C=N–C) groups is 1. The molecule has 2 heterocycles. The Morgan fingerprint density at radius 3 is 2.76 bits per heavy atom. The molecule has 0 saturated carbocycles. The Bertz CT molecular complexity index is 507. The Morgan fingerprint density at radius 2 is 2.19 bits per heavy atom. The summed E-state index contributed by atoms with van der Waals surface area (Å²) in [5, 5.41) is 3.43. The average molecular weight is 289 g/mol. The number of pyridine rings is 1. The highest BCUT2D eigenvalue weighted by Crippen LogP contribution is 2.28. The normalized spacial score (nSPS) is 18.0. The van der Waals surface area contributed by atoms with Gasteiger partial charge in [-0.2, -0.15) is 0 Å². The highest BCUT2D eigenvalue weighted by Gasteiger charge is 2.30. The summed E-state index contributed by atoms with van der Waals surface area (Å²) in [7, 11) is 5.85. The molecule has 1 aromatic heterocycles. The van der Waals surface area contributed by atoms with Crippen molar-refractivity contribution in [3.8, 4) is 0 Å². The lowest BCUT2D eigenvalue weighted by molar-refractivity contribution is 0.370. The first-order chi connectivity index (χ1) is 9.91. The molecule has 1 saturated heterocycles. The fraction of sp³-hybridized carbons (Fsp3) is 0.625. The minimum atomic E-state index is 0.376. The second-order valence-electron chi connectivity index (χ2n) is 6.62. The molecule has 0 aliphatic carbocycles. The first kappa shape index (κ1) is 15.6. The summed E-state index contributed by atoms with van der Waals surface area (Å²) >= 11 is 0. The van der Waals surface area contributed by atoms with E-state index < -0.39 is 0 Å². The van der Waals surface area contributed by atoms with Crippen LogP contribution in [0.1, 0.15) is 26.0 Å². The average Bonchev–Trinajstić information content (AvgIpc) is 2.80. The van der Waals surface area contributed by atoms with Crippen LogP contribution in [-0.4, -0.2) is 50.1 Å². The van der Waals surface area contributed by atoms with E-state index >= 15 is 0 Å². The summed E-state index contributed by atoms with van der Waals surface area (Å²) in [6.45, 7) is 7.44. The van der Waals surface area contributed by atoms with Gasteiger partial charge in [-0.25, -0.2) is 4.98 Å². The van der Waals surface area contributed by atoms with Crippen LogP contribution >= 0.6 is 0 Å². The second kappa shape index (κ2) is 6.33. The Kier molecular flexibility index (Phi) is 4.70. The van der Waals surface area contributed by atoms with E-state index in [-0.39, 0.29) is 0 Å². The summed E-state index contributed by atoms with van der Waals surface area (Å²) in [5.74, 6) is 1.95. The third kappa shape index (κ3) is 4.09. The molecule has 0 aromatic carbocycles. The van der Waals surface area contributed by atoms with E-state index in [0.717, 1.165) is 30.6 Å². The Hall–Kier alpha value is -1.78. The minimum Gasteiger partial charge on any atom is -0.363 e. The number of anilines is 1. The Labute approximate surface area is 128 Å². The predicted molar refractivity (Wildman–Crippen MR) is 88.7 cm³/mol. The molecule has 0 amide bonds. The van der Waals surface area contributed by atoms with Gasteiger partial charge in [-0.05, 0) is 24.0 Å². The van der Waals surface area contributed by atoms with Gasteiger partial charge in [0.1, 0.15) is 5.82 Å². The number of nitrogens with one attached hydrogen (secondary N) is 1. The standard InChI is InChI=1S/C16H27N5/c1-16(2)9-10-21(12-16)15(17-3)18-11-13-7-6-8-14(19-13)20(4)5/h6-8H,9-12H2,1-5H3,(H,17,18). The third-order valence-electron chi connectivity index (χ3n) is 3.87. The van der Waals surface area contributed by atoms with Crippen molar-refractivity contribution in [2.45, 2.75) is 26.8 Å². The van der Waals surface area contributed by atoms with Crippen molar-refractivity contribution in [3.05, 3.63) is 23.9 Å². The summed E-state index contributed by atoms with van der Waals surface area (Å²) < 4.78 is 0. The molecule has 0 atom stereocenters. The molecule has 1 aromatic rings. The van der Waals surface area contributed by atoms with E-state index in [9.17, 15) is 0 Å². The van der Waals surface area contributed by atoms with Gasteiger partial charge in [-0.3, -0.25) is 4.99 Å². The van der Waals surface area contributed by atoms with Gasteiger partial charge in [-0.1, -0.05) is 19.9 Å². The van der Waals surface area contributed by atoms with Crippen molar-refractivity contribution in [1.29, 1.82) is 0 Å². The maximum absolute atomic E-state index is 4.62. The largest absolute Gasteiger partial charge is 0.363 e. The van der Waals surface area contributed by atoms with E-state index in [4.69, 9.17) is 0 Å². The fourth-order valence-electron chi connectivity index (χ4n) is 2.61. The predicted octanol–water partition coefficient (Wildman–Crippen LogP) is 1.95. The lowest BCUT2D eigenvalue weighted by Crippen LogP contribution is -2.40. The van der Waals surface area contributed by atoms with Crippen molar-refractivity contribution in [1.82, 2.24) is 15.2 Å². The molecule has 1 N–H and O–H groups in total. The molecule has 5 heteroatoms. The van der Waals surface area contributed by atoms with Crippen molar-refractivity contribution >= 4 is 11.8 Å². The topological polar surface area (TPSA) is 43.8 Å². The van der Waals surface area contributed by atoms with Crippen molar-refractivity contribution in [2.24, 2.45) is 10.4 Å². The maximum atomic E-state index is 4.62. The van der Waals surface area contributed by atoms with Gasteiger partial charge < -0.3 is 15.1 Å². The maximum Gasteiger partial charge on any atom is 0.193 e. The van der Waals surface area contributed by atoms with Crippen LogP contribution in [0.3, 0.4) is 0 Å². The van der Waals surface area contributed by atoms with Crippen molar-refractivity contribution < 1.29 is 0 Å². The van der Waals surface area contributed by atoms with Crippen molar-refractivity contribution in [2.75, 3.05) is 39.1 Å². The molecule has 21 heavy (non-hydrogen) atoms. The molecule has 0 radical (unpaired) electrons. The highest BCUT2D eigenvalue weighted by atomic mass is 15.3. The van der Waals surface area contributed by atoms with Crippen LogP contribution in [0.25, 0.3) is 0 Å². The van der Waals surface area contributed by atoms with Crippen LogP contribution in [0.2, 0.25) is 0 Å². The smallest absolute Gasteiger partial charge is 0.193 e. The molecule has 5 nitrogen and oxygen atoms in total. The summed E-state index contributed by atoms with van der Waals surface area (Å²) in [4.78, 5) is 13.4. The molecular weight excluding hydrogens is 262 g/mol. The van der Waals surface area contributed by atoms with Gasteiger partial charge >= 0.3 is 0 Å². The van der Waals surface area contributed by atoms with Crippen LogP contribution in [0, 0.1) is 5.41 Å². The molecule has 0 unspecified atom stereocenters. The highest BCUT2D eigenvalue weighted by molar-refractivity contribution is 5.80. The molecule has 0 spiro atoms. The monoisotopic (exact) mass is 289 g/mol. The number of nitrogens with zero attached hydrogens (tertiary/aromatic N) is 4. The first-order valence-corrected chi connectivity index (χ1v) is 7.50. The van der Waals surface area contributed by atoms with E-state index in [1.165, 1.54) is 6.42 Å². The number of hydrogen-bond acceptors (Lipinski definition) is 3. The molecule has 2 rings (SSSR count). The number of aromatic nitrogens is 1. The Balaban J connectivity index is 1.97. The SMILES string of the molecule is CN=C(NCc1cccc(N(C)C)n1)N1CCC(C)(C)C1. The van der Waals surface area contributed by atoms with Crippen LogP contribution in [-0.2, 0) is 6.54 Å². The zero-order chi connectivity index (χ0) is 15.5. The van der Waals surface area contributed by atoms with Gasteiger partial charge in [-0.15, -0.1) is 0 Å². The fourth-order valence-corrected chi connectivity index (χ4v) is 2.61. The second-order valence-corrected chi connectivity index (χ2v) is 6.62. The van der Waals surface area contributed by atoms with Crippen LogP contribution < -0.4 is 10.2 Å². The summed E-state index contributed by atoms with van der Waals surface area (Å²) in [6.07, 6.45) is 1.21. The van der Waals surface area contributed by atoms with Crippen molar-refractivity contribution in [3.63, 3.8) is 0 Å². The molecule has 1 fully saturated rings. The number of hydrogen-bond donors (Lipinski definition) is 1. The molecular formula is C16H27N5. The van der Waals surface area contributed by atoms with E-state index in [0.29, 0.717) is 12.0 Å². The van der Waals surface area contributed by atoms with Gasteiger partial charge in [0.25, 0.3) is 0 Å². The molecule has 1 aliphatic rings. The summed E-state index contributed by atoms with van der Waals surface area (Å²) in [5.41, 5.74) is 1.40. The molecule has 1 aliphatic heterocycles. The minimum absolute atomic E-state index is 0.376. The van der Waals surface area contributed by atoms with Crippen LogP contribution in [0.5, 0.6) is 0 Å². The lowest BCUT2D eigenvalue weighted by atomic mass is 9.93. The van der Waals surface area contributed by atoms with Crippen LogP contribution in [0.4, 0.5) is 5.82 Å². The van der Waals surface area contributed by atoms with E-state index in [2.05, 4.69) is 34.0 Å². The van der Waals surface area contributed by atoms with Gasteiger partial charge in [0, 0.05) is 34.2 Å². The third-order valence-corrected chi connectivity index (χ3v) is 3.87. The zero-order valence-corrected chi connectivity index (χ0v) is 13.8. The number of guanidine groups is 1. The first-order valence-electron chi connectivity index (χ1n) is 7.50. The zero-order valence-electron chi connectivity index (χ0n) is 13.8. The quantitative estimate of drug-likeness (QED) is 0.682. The van der Waals surface area contributed by atoms with Gasteiger partial charge in [0.05, 0.1) is 12.2 Å². The van der Waals surface area contributed by atoms with Gasteiger partial charge in [0.15, 0.2) is 5.96 Å². The van der Waals surface area contributed by atoms with Crippen LogP contribution in [0.15, 0.2) is 23.2 Å². The summed E-state index contributed by atoms with van der Waals surface area (Å²) in [6, 6.07) is 6.10. The lowest BCUT2D eigenvalue weighted by Gasteiger charge is -2.23. The van der Waals surface area contributed by atoms with E-state index in [1.807, 2.05) is 44.2 Å². The van der Waals surface area contributed by atoms with E-state index in [1.54, 1.807) is 0 Å². The Morgan fingerprint density at radius 1 is 1.43 bits per heavy atom. The molecule has 0 bridgehead atoms. The van der Waals surface area contributed by atoms with Gasteiger partial charge in [0.2, 0.25) is 0 Å². The molecule has 116 valence electrons.